The largest absolute Gasteiger partial charge is 0.356 e. The van der Waals surface area contributed by atoms with E-state index in [1.165, 1.54) is 37.7 Å². The van der Waals surface area contributed by atoms with Crippen LogP contribution in [0.1, 0.15) is 70.8 Å². The lowest BCUT2D eigenvalue weighted by Crippen LogP contribution is -2.53. The zero-order valence-electron chi connectivity index (χ0n) is 17.4. The van der Waals surface area contributed by atoms with Crippen molar-refractivity contribution in [2.45, 2.75) is 65.2 Å². The topological polar surface area (TPSA) is 42.0 Å². The van der Waals surface area contributed by atoms with Crippen molar-refractivity contribution in [1.82, 2.24) is 10.3 Å². The fraction of sp³-hybridized carbons (Fsp3) is 0.680. The zero-order valence-corrected chi connectivity index (χ0v) is 17.4. The van der Waals surface area contributed by atoms with Crippen LogP contribution >= 0.6 is 0 Å². The Morgan fingerprint density at radius 3 is 2.82 bits per heavy atom. The van der Waals surface area contributed by atoms with E-state index in [9.17, 15) is 4.79 Å². The lowest BCUT2D eigenvalue weighted by Gasteiger charge is -2.59. The molecule has 1 saturated heterocycles. The molecule has 4 aliphatic rings. The van der Waals surface area contributed by atoms with E-state index >= 15 is 0 Å². The molecule has 3 heteroatoms. The van der Waals surface area contributed by atoms with Crippen molar-refractivity contribution in [3.05, 3.63) is 36.2 Å². The number of carbonyl (C=O) groups excluding carboxylic acids is 1. The van der Waals surface area contributed by atoms with Crippen molar-refractivity contribution in [1.29, 1.82) is 0 Å². The van der Waals surface area contributed by atoms with E-state index in [1.807, 2.05) is 6.20 Å². The molecule has 1 N–H and O–H groups in total. The fourth-order valence-corrected chi connectivity index (χ4v) is 7.80. The summed E-state index contributed by atoms with van der Waals surface area (Å²) in [4.78, 5) is 16.3. The van der Waals surface area contributed by atoms with Crippen LogP contribution in [0.3, 0.4) is 0 Å². The molecule has 0 bridgehead atoms. The average Bonchev–Trinajstić information content (AvgIpc) is 3.04. The van der Waals surface area contributed by atoms with Crippen molar-refractivity contribution in [3.8, 4) is 0 Å². The molecule has 0 radical (unpaired) electrons. The predicted octanol–water partition coefficient (Wildman–Crippen LogP) is 5.23. The smallest absolute Gasteiger partial charge is 0.220 e. The molecule has 6 unspecified atom stereocenters. The molecule has 5 rings (SSSR count). The monoisotopic (exact) mass is 378 g/mol. The molecule has 1 aliphatic heterocycles. The minimum Gasteiger partial charge on any atom is -0.356 e. The number of hydrogen-bond donors (Lipinski definition) is 1. The van der Waals surface area contributed by atoms with Gasteiger partial charge in [0.2, 0.25) is 5.91 Å². The van der Waals surface area contributed by atoms with Crippen LogP contribution in [0.2, 0.25) is 0 Å². The number of amides is 1. The van der Waals surface area contributed by atoms with Gasteiger partial charge in [0, 0.05) is 25.4 Å². The molecule has 0 spiro atoms. The van der Waals surface area contributed by atoms with Crippen LogP contribution in [0.25, 0.3) is 5.57 Å². The van der Waals surface area contributed by atoms with E-state index in [0.29, 0.717) is 10.8 Å². The van der Waals surface area contributed by atoms with Crippen LogP contribution in [0.4, 0.5) is 0 Å². The van der Waals surface area contributed by atoms with Crippen LogP contribution in [-0.2, 0) is 4.79 Å². The lowest BCUT2D eigenvalue weighted by molar-refractivity contribution is -0.125. The molecule has 3 fully saturated rings. The summed E-state index contributed by atoms with van der Waals surface area (Å²) >= 11 is 0. The quantitative estimate of drug-likeness (QED) is 0.727. The van der Waals surface area contributed by atoms with Crippen molar-refractivity contribution >= 4 is 11.5 Å². The van der Waals surface area contributed by atoms with Crippen molar-refractivity contribution < 1.29 is 4.79 Å². The third-order valence-electron chi connectivity index (χ3n) is 9.32. The van der Waals surface area contributed by atoms with E-state index in [1.54, 1.807) is 5.57 Å². The number of allylic oxidation sites excluding steroid dienone is 2. The SMILES string of the molecule is CC12CCC3C(CCC4CCC(=O)NCCC43C)C1CC=C2c1cccnc1. The molecular weight excluding hydrogens is 344 g/mol. The molecule has 3 nitrogen and oxygen atoms in total. The summed E-state index contributed by atoms with van der Waals surface area (Å²) in [7, 11) is 0. The normalized spacial score (nSPS) is 42.9. The summed E-state index contributed by atoms with van der Waals surface area (Å²) in [5.41, 5.74) is 3.60. The highest BCUT2D eigenvalue weighted by Crippen LogP contribution is 2.66. The maximum atomic E-state index is 11.9. The molecule has 6 atom stereocenters. The highest BCUT2D eigenvalue weighted by Gasteiger charge is 2.57. The van der Waals surface area contributed by atoms with E-state index < -0.39 is 0 Å². The molecule has 2 saturated carbocycles. The Morgan fingerprint density at radius 1 is 1.11 bits per heavy atom. The first-order valence-corrected chi connectivity index (χ1v) is 11.4. The van der Waals surface area contributed by atoms with Gasteiger partial charge in [-0.05, 0) is 96.7 Å². The minimum absolute atomic E-state index is 0.265. The summed E-state index contributed by atoms with van der Waals surface area (Å²) in [6, 6.07) is 4.32. The number of aromatic nitrogens is 1. The Morgan fingerprint density at radius 2 is 2.00 bits per heavy atom. The second-order valence-corrected chi connectivity index (χ2v) is 10.3. The molecule has 150 valence electrons. The number of carbonyl (C=O) groups is 1. The van der Waals surface area contributed by atoms with Gasteiger partial charge < -0.3 is 5.32 Å². The van der Waals surface area contributed by atoms with Crippen molar-refractivity contribution in [2.75, 3.05) is 6.54 Å². The standard InChI is InChI=1S/C25H34N2O/c1-24-13-15-27-23(28)10-6-18(24)5-7-19-21-9-8-20(17-4-3-14-26-16-17)25(21,2)12-11-22(19)24/h3-4,8,14,16,18-19,21-22H,5-7,9-13,15H2,1-2H3,(H,27,28). The van der Waals surface area contributed by atoms with E-state index in [0.717, 1.165) is 49.5 Å². The van der Waals surface area contributed by atoms with Crippen molar-refractivity contribution in [3.63, 3.8) is 0 Å². The van der Waals surface area contributed by atoms with Gasteiger partial charge in [-0.3, -0.25) is 9.78 Å². The number of rotatable bonds is 1. The van der Waals surface area contributed by atoms with E-state index in [-0.39, 0.29) is 5.91 Å². The van der Waals surface area contributed by atoms with Gasteiger partial charge in [-0.2, -0.15) is 0 Å². The predicted molar refractivity (Wildman–Crippen MR) is 112 cm³/mol. The second kappa shape index (κ2) is 6.71. The first-order chi connectivity index (χ1) is 13.5. The molecule has 1 aromatic rings. The molecule has 0 aromatic carbocycles. The van der Waals surface area contributed by atoms with Gasteiger partial charge in [0.25, 0.3) is 0 Å². The minimum atomic E-state index is 0.265. The summed E-state index contributed by atoms with van der Waals surface area (Å²) in [5.74, 6) is 3.43. The number of hydrogen-bond acceptors (Lipinski definition) is 2. The molecule has 28 heavy (non-hydrogen) atoms. The number of nitrogens with one attached hydrogen (secondary N) is 1. The highest BCUT2D eigenvalue weighted by molar-refractivity contribution is 5.76. The molecule has 1 aromatic heterocycles. The van der Waals surface area contributed by atoms with Crippen molar-refractivity contribution in [2.24, 2.45) is 34.5 Å². The Bertz CT molecular complexity index is 787. The van der Waals surface area contributed by atoms with E-state index in [4.69, 9.17) is 0 Å². The Hall–Kier alpha value is -1.64. The number of nitrogens with zero attached hydrogens (tertiary/aromatic N) is 1. The number of fused-ring (bicyclic) bond motifs is 5. The first kappa shape index (κ1) is 18.4. The van der Waals surface area contributed by atoms with Gasteiger partial charge in [0.05, 0.1) is 0 Å². The lowest BCUT2D eigenvalue weighted by atomic mass is 9.46. The molecule has 2 heterocycles. The van der Waals surface area contributed by atoms with Gasteiger partial charge >= 0.3 is 0 Å². The van der Waals surface area contributed by atoms with Gasteiger partial charge in [-0.15, -0.1) is 0 Å². The third kappa shape index (κ3) is 2.69. The Labute approximate surface area is 169 Å². The zero-order chi connectivity index (χ0) is 19.4. The second-order valence-electron chi connectivity index (χ2n) is 10.3. The first-order valence-electron chi connectivity index (χ1n) is 11.4. The van der Waals surface area contributed by atoms with Crippen LogP contribution in [0.5, 0.6) is 0 Å². The average molecular weight is 379 g/mol. The van der Waals surface area contributed by atoms with Gasteiger partial charge in [0.15, 0.2) is 0 Å². The fourth-order valence-electron chi connectivity index (χ4n) is 7.80. The number of pyridine rings is 1. The van der Waals surface area contributed by atoms with Crippen LogP contribution in [0, 0.1) is 34.5 Å². The highest BCUT2D eigenvalue weighted by atomic mass is 16.1. The molecular formula is C25H34N2O. The maximum absolute atomic E-state index is 11.9. The summed E-state index contributed by atoms with van der Waals surface area (Å²) in [6.07, 6.45) is 16.0. The Kier molecular flexibility index (Phi) is 4.41. The van der Waals surface area contributed by atoms with Gasteiger partial charge in [0.1, 0.15) is 0 Å². The summed E-state index contributed by atoms with van der Waals surface area (Å²) in [6.45, 7) is 5.97. The summed E-state index contributed by atoms with van der Waals surface area (Å²) < 4.78 is 0. The summed E-state index contributed by atoms with van der Waals surface area (Å²) in [5, 5.41) is 3.16. The Balaban J connectivity index is 1.42. The molecule has 1 amide bonds. The van der Waals surface area contributed by atoms with Crippen LogP contribution < -0.4 is 5.32 Å². The third-order valence-corrected chi connectivity index (χ3v) is 9.32. The maximum Gasteiger partial charge on any atom is 0.220 e. The van der Waals surface area contributed by atoms with Crippen LogP contribution in [-0.4, -0.2) is 17.4 Å². The van der Waals surface area contributed by atoms with E-state index in [2.05, 4.69) is 48.6 Å². The molecule has 3 aliphatic carbocycles. The van der Waals surface area contributed by atoms with Gasteiger partial charge in [-0.1, -0.05) is 26.0 Å². The van der Waals surface area contributed by atoms with Gasteiger partial charge in [-0.25, -0.2) is 0 Å². The van der Waals surface area contributed by atoms with Crippen LogP contribution in [0.15, 0.2) is 30.6 Å².